The first-order chi connectivity index (χ1) is 6.18. The molecule has 0 heterocycles. The zero-order chi connectivity index (χ0) is 9.68. The van der Waals surface area contributed by atoms with Crippen molar-refractivity contribution in [2.45, 2.75) is 18.3 Å². The molecule has 0 spiro atoms. The Labute approximate surface area is 86.5 Å². The molecule has 0 fully saturated rings. The van der Waals surface area contributed by atoms with Crippen molar-refractivity contribution in [3.8, 4) is 0 Å². The zero-order valence-electron chi connectivity index (χ0n) is 7.46. The van der Waals surface area contributed by atoms with Crippen LogP contribution in [0.3, 0.4) is 0 Å². The molecule has 0 aliphatic heterocycles. The van der Waals surface area contributed by atoms with Crippen molar-refractivity contribution < 1.29 is 4.79 Å². The molecule has 1 unspecified atom stereocenters. The molecule has 13 heavy (non-hydrogen) atoms. The van der Waals surface area contributed by atoms with E-state index in [0.717, 1.165) is 5.56 Å². The van der Waals surface area contributed by atoms with Crippen molar-refractivity contribution in [1.82, 2.24) is 5.32 Å². The molecule has 1 amide bonds. The number of halogens is 1. The predicted molar refractivity (Wildman–Crippen MR) is 56.7 cm³/mol. The monoisotopic (exact) mass is 241 g/mol. The molecule has 70 valence electrons. The molecule has 0 aromatic heterocycles. The van der Waals surface area contributed by atoms with E-state index in [0.29, 0.717) is 6.42 Å². The van der Waals surface area contributed by atoms with Gasteiger partial charge in [0.05, 0.1) is 11.4 Å². The standard InChI is InChI=1S/C10H12BrNO/c1-8(11)12-10(13)7-9-5-3-2-4-6-9/h2-6,8H,7H2,1H3,(H,12,13). The predicted octanol–water partition coefficient (Wildman–Crippen LogP) is 2.09. The third-order valence-corrected chi connectivity index (χ3v) is 1.80. The van der Waals surface area contributed by atoms with Crippen molar-refractivity contribution in [2.75, 3.05) is 0 Å². The average molecular weight is 242 g/mol. The van der Waals surface area contributed by atoms with Gasteiger partial charge in [-0.2, -0.15) is 0 Å². The van der Waals surface area contributed by atoms with E-state index in [2.05, 4.69) is 21.2 Å². The fourth-order valence-corrected chi connectivity index (χ4v) is 1.31. The molecule has 1 N–H and O–H groups in total. The second-order valence-corrected chi connectivity index (χ2v) is 4.22. The van der Waals surface area contributed by atoms with Crippen LogP contribution in [-0.2, 0) is 11.2 Å². The molecule has 0 saturated heterocycles. The maximum Gasteiger partial charge on any atom is 0.225 e. The summed E-state index contributed by atoms with van der Waals surface area (Å²) >= 11 is 3.26. The van der Waals surface area contributed by atoms with Crippen LogP contribution in [-0.4, -0.2) is 10.9 Å². The first-order valence-corrected chi connectivity index (χ1v) is 5.07. The number of nitrogens with one attached hydrogen (secondary N) is 1. The van der Waals surface area contributed by atoms with Gasteiger partial charge in [0, 0.05) is 0 Å². The van der Waals surface area contributed by atoms with Gasteiger partial charge in [-0.3, -0.25) is 4.79 Å². The van der Waals surface area contributed by atoms with Crippen LogP contribution in [0.15, 0.2) is 30.3 Å². The Morgan fingerprint density at radius 3 is 2.62 bits per heavy atom. The Morgan fingerprint density at radius 2 is 2.08 bits per heavy atom. The molecule has 0 radical (unpaired) electrons. The highest BCUT2D eigenvalue weighted by molar-refractivity contribution is 9.09. The Morgan fingerprint density at radius 1 is 1.46 bits per heavy atom. The summed E-state index contributed by atoms with van der Waals surface area (Å²) in [5, 5.41) is 2.77. The summed E-state index contributed by atoms with van der Waals surface area (Å²) in [7, 11) is 0. The molecule has 1 atom stereocenters. The third-order valence-electron chi connectivity index (χ3n) is 1.57. The Hall–Kier alpha value is -0.830. The summed E-state index contributed by atoms with van der Waals surface area (Å²) in [6.45, 7) is 1.88. The van der Waals surface area contributed by atoms with Gasteiger partial charge in [-0.25, -0.2) is 0 Å². The van der Waals surface area contributed by atoms with Crippen molar-refractivity contribution in [3.63, 3.8) is 0 Å². The summed E-state index contributed by atoms with van der Waals surface area (Å²) in [5.41, 5.74) is 1.04. The van der Waals surface area contributed by atoms with Gasteiger partial charge in [0.2, 0.25) is 5.91 Å². The molecule has 1 rings (SSSR count). The van der Waals surface area contributed by atoms with Gasteiger partial charge in [0.15, 0.2) is 0 Å². The molecule has 0 bridgehead atoms. The number of carbonyl (C=O) groups is 1. The number of hydrogen-bond donors (Lipinski definition) is 1. The smallest absolute Gasteiger partial charge is 0.225 e. The van der Waals surface area contributed by atoms with Crippen LogP contribution in [0.25, 0.3) is 0 Å². The second kappa shape index (κ2) is 5.02. The minimum atomic E-state index is 0.0312. The molecular weight excluding hydrogens is 230 g/mol. The summed E-state index contributed by atoms with van der Waals surface area (Å²) < 4.78 is 0. The Bertz CT molecular complexity index is 272. The topological polar surface area (TPSA) is 29.1 Å². The molecular formula is C10H12BrNO. The van der Waals surface area contributed by atoms with Crippen LogP contribution in [0.5, 0.6) is 0 Å². The van der Waals surface area contributed by atoms with Crippen LogP contribution in [0.1, 0.15) is 12.5 Å². The van der Waals surface area contributed by atoms with E-state index in [1.807, 2.05) is 37.3 Å². The Balaban J connectivity index is 2.46. The lowest BCUT2D eigenvalue weighted by atomic mass is 10.1. The fraction of sp³-hybridized carbons (Fsp3) is 0.300. The number of hydrogen-bond acceptors (Lipinski definition) is 1. The van der Waals surface area contributed by atoms with Crippen molar-refractivity contribution in [1.29, 1.82) is 0 Å². The lowest BCUT2D eigenvalue weighted by molar-refractivity contribution is -0.120. The quantitative estimate of drug-likeness (QED) is 0.638. The highest BCUT2D eigenvalue weighted by Crippen LogP contribution is 2.00. The minimum absolute atomic E-state index is 0.0312. The first-order valence-electron chi connectivity index (χ1n) is 4.16. The lowest BCUT2D eigenvalue weighted by Gasteiger charge is -2.06. The van der Waals surface area contributed by atoms with Crippen LogP contribution in [0.4, 0.5) is 0 Å². The molecule has 2 nitrogen and oxygen atoms in total. The summed E-state index contributed by atoms with van der Waals surface area (Å²) in [6, 6.07) is 9.69. The van der Waals surface area contributed by atoms with Gasteiger partial charge in [-0.15, -0.1) is 0 Å². The van der Waals surface area contributed by atoms with E-state index in [1.54, 1.807) is 0 Å². The number of carbonyl (C=O) groups excluding carboxylic acids is 1. The Kier molecular flexibility index (Phi) is 3.96. The van der Waals surface area contributed by atoms with Crippen molar-refractivity contribution in [3.05, 3.63) is 35.9 Å². The van der Waals surface area contributed by atoms with Gasteiger partial charge < -0.3 is 5.32 Å². The number of alkyl halides is 1. The van der Waals surface area contributed by atoms with E-state index in [-0.39, 0.29) is 10.9 Å². The van der Waals surface area contributed by atoms with E-state index >= 15 is 0 Å². The molecule has 3 heteroatoms. The summed E-state index contributed by atoms with van der Waals surface area (Å²) in [5.74, 6) is 0.0376. The molecule has 1 aromatic carbocycles. The van der Waals surface area contributed by atoms with E-state index < -0.39 is 0 Å². The highest BCUT2D eigenvalue weighted by atomic mass is 79.9. The summed E-state index contributed by atoms with van der Waals surface area (Å²) in [6.07, 6.45) is 0.441. The third kappa shape index (κ3) is 4.08. The van der Waals surface area contributed by atoms with Gasteiger partial charge in [-0.1, -0.05) is 46.3 Å². The molecule has 0 aliphatic carbocycles. The average Bonchev–Trinajstić information content (AvgIpc) is 2.04. The maximum absolute atomic E-state index is 11.3. The number of rotatable bonds is 3. The van der Waals surface area contributed by atoms with Gasteiger partial charge >= 0.3 is 0 Å². The van der Waals surface area contributed by atoms with Gasteiger partial charge in [0.1, 0.15) is 0 Å². The summed E-state index contributed by atoms with van der Waals surface area (Å²) in [4.78, 5) is 11.3. The first kappa shape index (κ1) is 10.3. The molecule has 1 aromatic rings. The zero-order valence-corrected chi connectivity index (χ0v) is 9.04. The fourth-order valence-electron chi connectivity index (χ4n) is 1.05. The highest BCUT2D eigenvalue weighted by Gasteiger charge is 2.04. The molecule has 0 aliphatic rings. The normalized spacial score (nSPS) is 12.2. The van der Waals surface area contributed by atoms with Crippen LogP contribution in [0.2, 0.25) is 0 Å². The lowest BCUT2D eigenvalue weighted by Crippen LogP contribution is -2.29. The van der Waals surface area contributed by atoms with E-state index in [9.17, 15) is 4.79 Å². The van der Waals surface area contributed by atoms with Crippen LogP contribution < -0.4 is 5.32 Å². The molecule has 0 saturated carbocycles. The largest absolute Gasteiger partial charge is 0.344 e. The second-order valence-electron chi connectivity index (χ2n) is 2.85. The SMILES string of the molecule is CC(Br)NC(=O)Cc1ccccc1. The maximum atomic E-state index is 11.3. The van der Waals surface area contributed by atoms with E-state index in [4.69, 9.17) is 0 Å². The number of benzene rings is 1. The van der Waals surface area contributed by atoms with E-state index in [1.165, 1.54) is 0 Å². The van der Waals surface area contributed by atoms with Gasteiger partial charge in [-0.05, 0) is 12.5 Å². The van der Waals surface area contributed by atoms with Crippen molar-refractivity contribution >= 4 is 21.8 Å². The van der Waals surface area contributed by atoms with Crippen molar-refractivity contribution in [2.24, 2.45) is 0 Å². The minimum Gasteiger partial charge on any atom is -0.344 e. The van der Waals surface area contributed by atoms with Crippen LogP contribution >= 0.6 is 15.9 Å². The van der Waals surface area contributed by atoms with Gasteiger partial charge in [0.25, 0.3) is 0 Å². The number of amides is 1. The van der Waals surface area contributed by atoms with Crippen LogP contribution in [0, 0.1) is 0 Å².